The Balaban J connectivity index is 1.17. The fourth-order valence-corrected chi connectivity index (χ4v) is 10.4. The molecule has 0 aliphatic heterocycles. The molecule has 20 heteroatoms. The summed E-state index contributed by atoms with van der Waals surface area (Å²) in [4.78, 5) is 117. The van der Waals surface area contributed by atoms with Crippen molar-refractivity contribution in [3.63, 3.8) is 0 Å². The van der Waals surface area contributed by atoms with Crippen LogP contribution in [-0.4, -0.2) is 129 Å². The molecule has 1 aliphatic carbocycles. The summed E-state index contributed by atoms with van der Waals surface area (Å²) in [5, 5.41) is 40.0. The minimum atomic E-state index is -1.19. The molecule has 6 aromatic carbocycles. The quantitative estimate of drug-likeness (QED) is 0.0231. The number of anilines is 4. The highest BCUT2D eigenvalue weighted by atomic mass is 16.3. The van der Waals surface area contributed by atoms with Crippen molar-refractivity contribution >= 4 is 69.8 Å². The zero-order valence-corrected chi connectivity index (χ0v) is 49.3. The minimum absolute atomic E-state index is 0.0104. The van der Waals surface area contributed by atoms with Gasteiger partial charge in [-0.2, -0.15) is 0 Å². The molecule has 0 spiro atoms. The molecule has 0 heterocycles. The molecule has 20 nitrogen and oxygen atoms in total. The van der Waals surface area contributed by atoms with Crippen molar-refractivity contribution < 1.29 is 48.6 Å². The number of carbonyl (C=O) groups is 8. The van der Waals surface area contributed by atoms with Gasteiger partial charge in [0.05, 0.1) is 34.3 Å². The van der Waals surface area contributed by atoms with Gasteiger partial charge < -0.3 is 63.4 Å². The van der Waals surface area contributed by atoms with Crippen LogP contribution in [0.25, 0.3) is 0 Å². The molecule has 0 saturated carbocycles. The van der Waals surface area contributed by atoms with Gasteiger partial charge in [-0.1, -0.05) is 125 Å². The van der Waals surface area contributed by atoms with Crippen LogP contribution in [0.3, 0.4) is 0 Å². The average Bonchev–Trinajstić information content (AvgIpc) is 1.06. The van der Waals surface area contributed by atoms with Crippen molar-refractivity contribution in [2.75, 3.05) is 47.4 Å². The number of nitrogens with one attached hydrogen (secondary N) is 6. The third-order valence-corrected chi connectivity index (χ3v) is 14.9. The van der Waals surface area contributed by atoms with Gasteiger partial charge in [-0.25, -0.2) is 0 Å². The Morgan fingerprint density at radius 1 is 0.442 bits per heavy atom. The number of nitrogens with two attached hydrogens (primary N) is 2. The molecule has 0 aromatic heterocycles. The van der Waals surface area contributed by atoms with Crippen molar-refractivity contribution in [1.82, 2.24) is 20.4 Å². The molecule has 6 aromatic rings. The number of phenols is 2. The number of carbonyl (C=O) groups excluding carboxylic acids is 8. The monoisotopic (exact) mass is 1170 g/mol. The van der Waals surface area contributed by atoms with E-state index in [2.05, 4.69) is 31.9 Å². The summed E-state index contributed by atoms with van der Waals surface area (Å²) in [5.74, 6) is -6.13. The lowest BCUT2D eigenvalue weighted by atomic mass is 9.81. The summed E-state index contributed by atoms with van der Waals surface area (Å²) in [6.45, 7) is 10.1. The van der Waals surface area contributed by atoms with Gasteiger partial charge in [0.15, 0.2) is 0 Å². The van der Waals surface area contributed by atoms with E-state index in [0.29, 0.717) is 11.4 Å². The number of rotatable bonds is 28. The number of para-hydroxylation sites is 2. The summed E-state index contributed by atoms with van der Waals surface area (Å²) in [6.07, 6.45) is 0.829. The lowest BCUT2D eigenvalue weighted by molar-refractivity contribution is -0.141. The topological polar surface area (TPSA) is 308 Å². The predicted octanol–water partition coefficient (Wildman–Crippen LogP) is 6.61. The highest BCUT2D eigenvalue weighted by molar-refractivity contribution is 6.33. The number of amides is 6. The highest BCUT2D eigenvalue weighted by Gasteiger charge is 2.39. The third-order valence-electron chi connectivity index (χ3n) is 14.9. The van der Waals surface area contributed by atoms with Gasteiger partial charge in [0.1, 0.15) is 35.7 Å². The second kappa shape index (κ2) is 29.9. The molecule has 6 atom stereocenters. The lowest BCUT2D eigenvalue weighted by Gasteiger charge is -2.33. The molecule has 0 radical (unpaired) electrons. The number of hydrogen-bond donors (Lipinski definition) is 10. The molecule has 0 fully saturated rings. The summed E-state index contributed by atoms with van der Waals surface area (Å²) < 4.78 is 0. The van der Waals surface area contributed by atoms with Crippen molar-refractivity contribution in [3.05, 3.63) is 179 Å². The van der Waals surface area contributed by atoms with E-state index in [-0.39, 0.29) is 86.2 Å². The van der Waals surface area contributed by atoms with Crippen molar-refractivity contribution in [2.45, 2.75) is 103 Å². The largest absolute Gasteiger partial charge is 0.507 e. The number of phenolic OH excluding ortho intramolecular Hbond substituents is 2. The summed E-state index contributed by atoms with van der Waals surface area (Å²) in [5.41, 5.74) is 14.7. The van der Waals surface area contributed by atoms with Gasteiger partial charge in [0.25, 0.3) is 0 Å². The Kier molecular flexibility index (Phi) is 22.3. The van der Waals surface area contributed by atoms with Gasteiger partial charge in [-0.15, -0.1) is 0 Å². The van der Waals surface area contributed by atoms with Crippen LogP contribution in [0, 0.1) is 11.8 Å². The number of fused-ring (bicyclic) bond motifs is 2. The second-order valence-corrected chi connectivity index (χ2v) is 22.4. The molecule has 86 heavy (non-hydrogen) atoms. The fourth-order valence-electron chi connectivity index (χ4n) is 10.4. The summed E-state index contributed by atoms with van der Waals surface area (Å²) in [6, 6.07) is 34.5. The maximum atomic E-state index is 14.8. The van der Waals surface area contributed by atoms with Crippen molar-refractivity contribution in [2.24, 2.45) is 23.3 Å². The molecular formula is C66H78N10O10. The van der Waals surface area contributed by atoms with Gasteiger partial charge in [-0.05, 0) is 111 Å². The summed E-state index contributed by atoms with van der Waals surface area (Å²) >= 11 is 0. The van der Waals surface area contributed by atoms with Crippen LogP contribution in [0.4, 0.5) is 22.7 Å². The smallest absolute Gasteiger partial charge is 0.246 e. The number of benzene rings is 6. The molecular weight excluding hydrogens is 1090 g/mol. The van der Waals surface area contributed by atoms with E-state index in [4.69, 9.17) is 11.5 Å². The number of ketones is 2. The molecule has 452 valence electrons. The van der Waals surface area contributed by atoms with Crippen LogP contribution in [0.1, 0.15) is 97.4 Å². The van der Waals surface area contributed by atoms with E-state index in [1.807, 2.05) is 100 Å². The summed E-state index contributed by atoms with van der Waals surface area (Å²) in [7, 11) is 0. The Morgan fingerprint density at radius 2 is 0.767 bits per heavy atom. The highest BCUT2D eigenvalue weighted by Crippen LogP contribution is 2.42. The van der Waals surface area contributed by atoms with E-state index in [9.17, 15) is 48.6 Å². The third kappa shape index (κ3) is 16.5. The van der Waals surface area contributed by atoms with Gasteiger partial charge >= 0.3 is 0 Å². The van der Waals surface area contributed by atoms with Crippen LogP contribution in [0.2, 0.25) is 0 Å². The van der Waals surface area contributed by atoms with Crippen LogP contribution in [0.15, 0.2) is 146 Å². The van der Waals surface area contributed by atoms with Crippen molar-refractivity contribution in [1.29, 1.82) is 0 Å². The lowest BCUT2D eigenvalue weighted by Crippen LogP contribution is -2.57. The molecule has 0 bridgehead atoms. The van der Waals surface area contributed by atoms with E-state index in [1.54, 1.807) is 48.5 Å². The number of nitrogens with zero attached hydrogens (tertiary/aromatic N) is 2. The Hall–Kier alpha value is -9.40. The van der Waals surface area contributed by atoms with E-state index in [1.165, 1.54) is 35.8 Å². The molecule has 6 amide bonds. The standard InChI is InChI=1S/C66H78N10O10/c1-39(2)35-51(63(83)71-45-23-15-9-16-24-45)73-61(81)41(5)75(65(85)47(67)37-43-19-11-7-12-20-43)33-31-69-49-27-28-50(56-55(49)59(79)57-53(77)29-30-54(78)58(57)60(56)80)70-32-34-76(66(86)48(68)38-44-21-13-8-14-22-44)42(6)62(82)74-52(36-40(3)4)64(84)72-46-25-17-10-18-26-46/h7-30,39-42,47-48,51-52,69-70,77-78H,31-38,67-68H2,1-6H3,(H,71,83)(H,72,84)(H,73,81)(H,74,82)/t41-,42-,47-,48-,51-,52-/m0/s1. The Morgan fingerprint density at radius 3 is 1.09 bits per heavy atom. The maximum Gasteiger partial charge on any atom is 0.246 e. The van der Waals surface area contributed by atoms with Crippen molar-refractivity contribution in [3.8, 4) is 11.5 Å². The number of hydrogen-bond acceptors (Lipinski definition) is 14. The predicted molar refractivity (Wildman–Crippen MR) is 332 cm³/mol. The maximum absolute atomic E-state index is 14.8. The van der Waals surface area contributed by atoms with Crippen LogP contribution in [-0.2, 0) is 41.6 Å². The van der Waals surface area contributed by atoms with Gasteiger partial charge in [-0.3, -0.25) is 38.4 Å². The van der Waals surface area contributed by atoms with Crippen LogP contribution < -0.4 is 43.4 Å². The Labute approximate surface area is 501 Å². The van der Waals surface area contributed by atoms with Gasteiger partial charge in [0, 0.05) is 48.9 Å². The number of aromatic hydroxyl groups is 2. The first-order valence-electron chi connectivity index (χ1n) is 28.9. The molecule has 7 rings (SSSR count). The molecule has 12 N–H and O–H groups in total. The van der Waals surface area contributed by atoms with E-state index < -0.39 is 106 Å². The SMILES string of the molecule is CC(C)C[C@H](NC(=O)[C@H](C)N(CCNc1ccc(NCCN(C(=O)[C@@H](N)Cc2ccccc2)[C@@H](C)C(=O)N[C@@H](CC(C)C)C(=O)Nc2ccccc2)c2c1C(=O)c1c(O)ccc(O)c1C2=O)C(=O)[C@@H](N)Cc1ccccc1)C(=O)Nc1ccccc1. The first kappa shape index (κ1) is 64.2. The van der Waals surface area contributed by atoms with Crippen LogP contribution >= 0.6 is 0 Å². The first-order chi connectivity index (χ1) is 41.1. The Bertz CT molecular complexity index is 3150. The van der Waals surface area contributed by atoms with E-state index in [0.717, 1.165) is 23.3 Å². The second-order valence-electron chi connectivity index (χ2n) is 22.4. The van der Waals surface area contributed by atoms with Crippen LogP contribution in [0.5, 0.6) is 11.5 Å². The normalized spacial score (nSPS) is 13.8. The van der Waals surface area contributed by atoms with Gasteiger partial charge in [0.2, 0.25) is 47.0 Å². The minimum Gasteiger partial charge on any atom is -0.507 e. The molecule has 0 unspecified atom stereocenters. The molecule has 1 aliphatic rings. The van der Waals surface area contributed by atoms with E-state index >= 15 is 0 Å². The first-order valence-corrected chi connectivity index (χ1v) is 28.9. The fraction of sp³-hybridized carbons (Fsp3) is 0.333. The average molecular weight is 1170 g/mol. The zero-order chi connectivity index (χ0) is 62.2. The zero-order valence-electron chi connectivity index (χ0n) is 49.3. The molecule has 0 saturated heterocycles.